The van der Waals surface area contributed by atoms with Crippen molar-refractivity contribution in [3.05, 3.63) is 0 Å². The van der Waals surface area contributed by atoms with Crippen LogP contribution in [0, 0.1) is 5.41 Å². The van der Waals surface area contributed by atoms with Gasteiger partial charge in [0.25, 0.3) is 0 Å². The molecule has 0 bridgehead atoms. The summed E-state index contributed by atoms with van der Waals surface area (Å²) < 4.78 is 4.65. The summed E-state index contributed by atoms with van der Waals surface area (Å²) in [6, 6.07) is 0. The molecule has 0 aromatic rings. The lowest BCUT2D eigenvalue weighted by Gasteiger charge is -2.41. The van der Waals surface area contributed by atoms with Gasteiger partial charge in [-0.3, -0.25) is 4.79 Å². The number of hydrogen-bond acceptors (Lipinski definition) is 8. The maximum absolute atomic E-state index is 11.8. The average Bonchev–Trinajstić information content (AvgIpc) is 2.35. The Bertz CT molecular complexity index is 269. The minimum Gasteiger partial charge on any atom is -0.469 e. The van der Waals surface area contributed by atoms with Crippen molar-refractivity contribution in [3.8, 4) is 0 Å². The molecule has 18 heavy (non-hydrogen) atoms. The Kier molecular flexibility index (Phi) is 5.45. The number of methoxy groups -OCH3 is 1. The van der Waals surface area contributed by atoms with Gasteiger partial charge in [0.2, 0.25) is 0 Å². The number of carbonyl (C=O) groups excluding carboxylic acids is 1. The smallest absolute Gasteiger partial charge is 0.312 e. The van der Waals surface area contributed by atoms with Crippen molar-refractivity contribution in [2.24, 2.45) is 5.41 Å². The molecule has 1 aliphatic carbocycles. The van der Waals surface area contributed by atoms with E-state index in [4.69, 9.17) is 5.26 Å². The molecule has 106 valence electrons. The number of esters is 1. The SMILES string of the molecule is COC(=O)[C@]1(CCOOO)C[C@@H](O)[C@@H](O)[C@H](O)C1. The monoisotopic (exact) mass is 266 g/mol. The largest absolute Gasteiger partial charge is 0.469 e. The first-order chi connectivity index (χ1) is 8.46. The molecule has 8 heteroatoms. The lowest BCUT2D eigenvalue weighted by Crippen LogP contribution is -2.52. The summed E-state index contributed by atoms with van der Waals surface area (Å²) in [6.07, 6.45) is -3.82. The first kappa shape index (κ1) is 15.3. The van der Waals surface area contributed by atoms with E-state index >= 15 is 0 Å². The topological polar surface area (TPSA) is 126 Å². The quantitative estimate of drug-likeness (QED) is 0.212. The Morgan fingerprint density at radius 1 is 1.28 bits per heavy atom. The highest BCUT2D eigenvalue weighted by Crippen LogP contribution is 2.40. The van der Waals surface area contributed by atoms with Gasteiger partial charge < -0.3 is 20.1 Å². The van der Waals surface area contributed by atoms with Crippen LogP contribution >= 0.6 is 0 Å². The zero-order valence-corrected chi connectivity index (χ0v) is 9.98. The predicted molar refractivity (Wildman–Crippen MR) is 56.0 cm³/mol. The van der Waals surface area contributed by atoms with Crippen molar-refractivity contribution in [3.63, 3.8) is 0 Å². The number of aliphatic hydroxyl groups excluding tert-OH is 3. The van der Waals surface area contributed by atoms with Gasteiger partial charge in [-0.25, -0.2) is 10.1 Å². The van der Waals surface area contributed by atoms with E-state index in [0.29, 0.717) is 0 Å². The second-order valence-corrected chi connectivity index (χ2v) is 4.45. The first-order valence-corrected chi connectivity index (χ1v) is 5.52. The molecule has 0 spiro atoms. The van der Waals surface area contributed by atoms with Crippen LogP contribution in [0.2, 0.25) is 0 Å². The van der Waals surface area contributed by atoms with E-state index in [0.717, 1.165) is 0 Å². The summed E-state index contributed by atoms with van der Waals surface area (Å²) in [5.74, 6) is -0.617. The van der Waals surface area contributed by atoms with Crippen LogP contribution in [0.25, 0.3) is 0 Å². The molecular formula is C10H18O8. The molecule has 0 saturated heterocycles. The van der Waals surface area contributed by atoms with E-state index in [1.54, 1.807) is 0 Å². The fourth-order valence-corrected chi connectivity index (χ4v) is 2.35. The molecular weight excluding hydrogens is 248 g/mol. The Hall–Kier alpha value is -0.770. The van der Waals surface area contributed by atoms with Gasteiger partial charge in [-0.05, 0) is 19.3 Å². The van der Waals surface area contributed by atoms with Crippen molar-refractivity contribution in [2.45, 2.75) is 37.6 Å². The van der Waals surface area contributed by atoms with Gasteiger partial charge in [0.15, 0.2) is 0 Å². The summed E-state index contributed by atoms with van der Waals surface area (Å²) in [5, 5.41) is 40.2. The Balaban J connectivity index is 2.81. The van der Waals surface area contributed by atoms with Gasteiger partial charge in [-0.1, -0.05) is 5.04 Å². The first-order valence-electron chi connectivity index (χ1n) is 5.52. The molecule has 4 N–H and O–H groups in total. The standard InChI is InChI=1S/C10H18O8/c1-16-9(14)10(2-3-17-18-15)4-6(11)8(13)7(12)5-10/h6-8,11-13,15H,2-5H2,1H3/t6-,7-,8-,10-/m1/s1. The second-order valence-electron chi connectivity index (χ2n) is 4.45. The van der Waals surface area contributed by atoms with Crippen LogP contribution < -0.4 is 0 Å². The van der Waals surface area contributed by atoms with Crippen LogP contribution in [0.5, 0.6) is 0 Å². The molecule has 0 aromatic carbocycles. The highest BCUT2D eigenvalue weighted by Gasteiger charge is 2.49. The minimum atomic E-state index is -1.29. The summed E-state index contributed by atoms with van der Waals surface area (Å²) >= 11 is 0. The molecule has 1 rings (SSSR count). The van der Waals surface area contributed by atoms with Crippen LogP contribution in [0.15, 0.2) is 0 Å². The predicted octanol–water partition coefficient (Wildman–Crippen LogP) is -1.17. The summed E-state index contributed by atoms with van der Waals surface area (Å²) in [5.41, 5.74) is -1.18. The van der Waals surface area contributed by atoms with Crippen molar-refractivity contribution in [2.75, 3.05) is 13.7 Å². The van der Waals surface area contributed by atoms with Crippen LogP contribution in [0.3, 0.4) is 0 Å². The fraction of sp³-hybridized carbons (Fsp3) is 0.900. The van der Waals surface area contributed by atoms with Crippen molar-refractivity contribution < 1.29 is 40.0 Å². The lowest BCUT2D eigenvalue weighted by atomic mass is 9.68. The molecule has 0 heterocycles. The number of hydrogen-bond donors (Lipinski definition) is 4. The molecule has 1 aliphatic rings. The van der Waals surface area contributed by atoms with Crippen molar-refractivity contribution in [1.29, 1.82) is 0 Å². The van der Waals surface area contributed by atoms with Crippen LogP contribution in [-0.4, -0.2) is 58.6 Å². The highest BCUT2D eigenvalue weighted by molar-refractivity contribution is 5.77. The second kappa shape index (κ2) is 6.41. The molecule has 1 saturated carbocycles. The number of rotatable bonds is 5. The maximum Gasteiger partial charge on any atom is 0.312 e. The van der Waals surface area contributed by atoms with E-state index in [9.17, 15) is 20.1 Å². The normalized spacial score (nSPS) is 36.4. The number of aliphatic hydroxyl groups is 3. The summed E-state index contributed by atoms with van der Waals surface area (Å²) in [6.45, 7) is -0.124. The van der Waals surface area contributed by atoms with E-state index in [2.05, 4.69) is 14.7 Å². The maximum atomic E-state index is 11.8. The van der Waals surface area contributed by atoms with Crippen LogP contribution in [-0.2, 0) is 19.5 Å². The molecule has 0 unspecified atom stereocenters. The van der Waals surface area contributed by atoms with Crippen molar-refractivity contribution >= 4 is 5.97 Å². The fourth-order valence-electron chi connectivity index (χ4n) is 2.35. The third kappa shape index (κ3) is 3.16. The summed E-state index contributed by atoms with van der Waals surface area (Å²) in [7, 11) is 1.19. The van der Waals surface area contributed by atoms with Gasteiger partial charge in [0.05, 0.1) is 31.3 Å². The van der Waals surface area contributed by atoms with E-state index in [1.165, 1.54) is 7.11 Å². The number of carbonyl (C=O) groups is 1. The van der Waals surface area contributed by atoms with Crippen LogP contribution in [0.1, 0.15) is 19.3 Å². The van der Waals surface area contributed by atoms with Gasteiger partial charge in [-0.15, -0.1) is 0 Å². The number of ether oxygens (including phenoxy) is 1. The molecule has 0 radical (unpaired) electrons. The zero-order valence-electron chi connectivity index (χ0n) is 9.98. The van der Waals surface area contributed by atoms with Gasteiger partial charge in [-0.2, -0.15) is 0 Å². The van der Waals surface area contributed by atoms with E-state index in [1.807, 2.05) is 0 Å². The Morgan fingerprint density at radius 3 is 2.28 bits per heavy atom. The van der Waals surface area contributed by atoms with Gasteiger partial charge >= 0.3 is 5.97 Å². The summed E-state index contributed by atoms with van der Waals surface area (Å²) in [4.78, 5) is 16.1. The highest BCUT2D eigenvalue weighted by atomic mass is 17.5. The minimum absolute atomic E-state index is 0.0628. The van der Waals surface area contributed by atoms with Crippen molar-refractivity contribution in [1.82, 2.24) is 0 Å². The molecule has 0 aromatic heterocycles. The van der Waals surface area contributed by atoms with E-state index in [-0.39, 0.29) is 25.9 Å². The molecule has 1 fully saturated rings. The van der Waals surface area contributed by atoms with E-state index < -0.39 is 29.7 Å². The third-order valence-electron chi connectivity index (χ3n) is 3.32. The Morgan fingerprint density at radius 2 is 1.83 bits per heavy atom. The molecule has 8 nitrogen and oxygen atoms in total. The molecule has 0 amide bonds. The lowest BCUT2D eigenvalue weighted by molar-refractivity contribution is -0.491. The average molecular weight is 266 g/mol. The molecule has 2 atom stereocenters. The van der Waals surface area contributed by atoms with Crippen LogP contribution in [0.4, 0.5) is 0 Å². The zero-order chi connectivity index (χ0) is 13.8. The van der Waals surface area contributed by atoms with Gasteiger partial charge in [0, 0.05) is 0 Å². The third-order valence-corrected chi connectivity index (χ3v) is 3.32. The van der Waals surface area contributed by atoms with Gasteiger partial charge in [0.1, 0.15) is 6.10 Å². The Labute approximate surface area is 104 Å². The molecule has 0 aliphatic heterocycles.